The lowest BCUT2D eigenvalue weighted by Gasteiger charge is -2.26. The van der Waals surface area contributed by atoms with Crippen molar-refractivity contribution < 1.29 is 19.0 Å². The zero-order valence-corrected chi connectivity index (χ0v) is 23.0. The third-order valence-electron chi connectivity index (χ3n) is 7.20. The number of carbonyl (C=O) groups is 1. The number of methoxy groups -OCH3 is 1. The van der Waals surface area contributed by atoms with E-state index in [0.29, 0.717) is 12.2 Å². The molecule has 1 aliphatic heterocycles. The van der Waals surface area contributed by atoms with Crippen molar-refractivity contribution in [2.24, 2.45) is 0 Å². The summed E-state index contributed by atoms with van der Waals surface area (Å²) in [6.45, 7) is 3.98. The van der Waals surface area contributed by atoms with Crippen LogP contribution in [-0.2, 0) is 0 Å². The third kappa shape index (κ3) is 6.35. The van der Waals surface area contributed by atoms with Crippen molar-refractivity contribution in [3.63, 3.8) is 0 Å². The summed E-state index contributed by atoms with van der Waals surface area (Å²) in [5.74, 6) is 3.08. The van der Waals surface area contributed by atoms with Gasteiger partial charge in [0, 0.05) is 37.2 Å². The number of likely N-dealkylation sites (tertiary alicyclic amines) is 1. The average molecular weight is 525 g/mol. The number of piperidine rings is 1. The predicted octanol–water partition coefficient (Wildman–Crippen LogP) is 6.87. The topological polar surface area (TPSA) is 51.2 Å². The van der Waals surface area contributed by atoms with Gasteiger partial charge in [0.15, 0.2) is 0 Å². The Morgan fingerprint density at radius 1 is 0.821 bits per heavy atom. The molecule has 6 heteroatoms. The number of hydrogen-bond acceptors (Lipinski definition) is 5. The molecule has 4 aromatic rings. The minimum absolute atomic E-state index is 0.0260. The minimum Gasteiger partial charge on any atom is -0.497 e. The smallest absolute Gasteiger partial charge is 0.253 e. The maximum absolute atomic E-state index is 12.4. The van der Waals surface area contributed by atoms with Crippen molar-refractivity contribution in [1.29, 1.82) is 0 Å². The zero-order chi connectivity index (χ0) is 27.2. The Labute approximate surface area is 230 Å². The van der Waals surface area contributed by atoms with E-state index >= 15 is 0 Å². The van der Waals surface area contributed by atoms with Crippen LogP contribution < -0.4 is 14.2 Å². The Hall–Kier alpha value is -4.03. The molecule has 0 saturated carbocycles. The standard InChI is InChI=1S/C33H36N2O4/c1-34(2)33(36)25-9-7-24(8-10-25)30-17-11-26-23-29(37-3)16-18-31(26)32(30)39-28-14-12-27(13-15-28)38-22-21-35-19-5-4-6-20-35/h7-18,23H,4-6,19-22H2,1-3H3. The van der Waals surface area contributed by atoms with E-state index in [0.717, 1.165) is 51.4 Å². The molecule has 0 unspecified atom stereocenters. The summed E-state index contributed by atoms with van der Waals surface area (Å²) >= 11 is 0. The van der Waals surface area contributed by atoms with Gasteiger partial charge in [-0.2, -0.15) is 0 Å². The van der Waals surface area contributed by atoms with Gasteiger partial charge in [0.1, 0.15) is 29.6 Å². The number of rotatable bonds is 9. The molecule has 4 aromatic carbocycles. The molecular weight excluding hydrogens is 488 g/mol. The molecule has 5 rings (SSSR count). The van der Waals surface area contributed by atoms with Crippen LogP contribution in [0.3, 0.4) is 0 Å². The fourth-order valence-electron chi connectivity index (χ4n) is 4.99. The molecule has 202 valence electrons. The molecule has 39 heavy (non-hydrogen) atoms. The van der Waals surface area contributed by atoms with Gasteiger partial charge in [-0.25, -0.2) is 0 Å². The van der Waals surface area contributed by atoms with Crippen LogP contribution in [-0.4, -0.2) is 63.2 Å². The normalized spacial score (nSPS) is 13.7. The van der Waals surface area contributed by atoms with Crippen LogP contribution in [0.4, 0.5) is 0 Å². The highest BCUT2D eigenvalue weighted by Crippen LogP contribution is 2.41. The Morgan fingerprint density at radius 2 is 1.51 bits per heavy atom. The molecule has 0 aliphatic carbocycles. The van der Waals surface area contributed by atoms with E-state index in [1.165, 1.54) is 32.4 Å². The lowest BCUT2D eigenvalue weighted by Crippen LogP contribution is -2.33. The second-order valence-corrected chi connectivity index (χ2v) is 10.1. The maximum atomic E-state index is 12.4. The molecule has 0 radical (unpaired) electrons. The van der Waals surface area contributed by atoms with E-state index in [1.807, 2.05) is 66.7 Å². The molecule has 0 spiro atoms. The summed E-state index contributed by atoms with van der Waals surface area (Å²) in [6.07, 6.45) is 3.91. The fourth-order valence-corrected chi connectivity index (χ4v) is 4.99. The lowest BCUT2D eigenvalue weighted by atomic mass is 9.98. The van der Waals surface area contributed by atoms with Crippen LogP contribution in [0, 0.1) is 0 Å². The van der Waals surface area contributed by atoms with E-state index in [9.17, 15) is 4.79 Å². The molecule has 0 N–H and O–H groups in total. The Balaban J connectivity index is 1.39. The van der Waals surface area contributed by atoms with Crippen molar-refractivity contribution in [2.45, 2.75) is 19.3 Å². The number of benzene rings is 4. The number of ether oxygens (including phenoxy) is 3. The van der Waals surface area contributed by atoms with Crippen molar-refractivity contribution >= 4 is 16.7 Å². The first-order chi connectivity index (χ1) is 19.0. The first kappa shape index (κ1) is 26.6. The summed E-state index contributed by atoms with van der Waals surface area (Å²) in [5, 5.41) is 1.99. The molecule has 6 nitrogen and oxygen atoms in total. The van der Waals surface area contributed by atoms with Gasteiger partial charge >= 0.3 is 0 Å². The van der Waals surface area contributed by atoms with Crippen LogP contribution in [0.5, 0.6) is 23.0 Å². The molecule has 1 fully saturated rings. The van der Waals surface area contributed by atoms with Crippen LogP contribution in [0.1, 0.15) is 29.6 Å². The SMILES string of the molecule is COc1ccc2c(Oc3ccc(OCCN4CCCCC4)cc3)c(-c3ccc(C(=O)N(C)C)cc3)ccc2c1. The first-order valence-corrected chi connectivity index (χ1v) is 13.6. The number of amides is 1. The van der Waals surface area contributed by atoms with Crippen LogP contribution in [0.2, 0.25) is 0 Å². The summed E-state index contributed by atoms with van der Waals surface area (Å²) in [6, 6.07) is 25.5. The fraction of sp³-hybridized carbons (Fsp3) is 0.303. The largest absolute Gasteiger partial charge is 0.497 e. The predicted molar refractivity (Wildman–Crippen MR) is 156 cm³/mol. The van der Waals surface area contributed by atoms with E-state index in [-0.39, 0.29) is 5.91 Å². The van der Waals surface area contributed by atoms with E-state index in [2.05, 4.69) is 17.0 Å². The highest BCUT2D eigenvalue weighted by atomic mass is 16.5. The second kappa shape index (κ2) is 12.2. The summed E-state index contributed by atoms with van der Waals surface area (Å²) in [5.41, 5.74) is 2.56. The van der Waals surface area contributed by atoms with E-state index < -0.39 is 0 Å². The monoisotopic (exact) mass is 524 g/mol. The van der Waals surface area contributed by atoms with Gasteiger partial charge in [-0.15, -0.1) is 0 Å². The molecule has 1 aliphatic rings. The number of nitrogens with zero attached hydrogens (tertiary/aromatic N) is 2. The van der Waals surface area contributed by atoms with Crippen molar-refractivity contribution in [3.05, 3.63) is 84.4 Å². The minimum atomic E-state index is -0.0260. The summed E-state index contributed by atoms with van der Waals surface area (Å²) in [4.78, 5) is 16.4. The van der Waals surface area contributed by atoms with Crippen molar-refractivity contribution in [2.75, 3.05) is 47.4 Å². The lowest BCUT2D eigenvalue weighted by molar-refractivity contribution is 0.0827. The van der Waals surface area contributed by atoms with Crippen molar-refractivity contribution in [3.8, 4) is 34.1 Å². The van der Waals surface area contributed by atoms with Gasteiger partial charge in [-0.1, -0.05) is 24.6 Å². The molecule has 0 aromatic heterocycles. The van der Waals surface area contributed by atoms with Gasteiger partial charge in [0.2, 0.25) is 0 Å². The number of carbonyl (C=O) groups excluding carboxylic acids is 1. The second-order valence-electron chi connectivity index (χ2n) is 10.1. The zero-order valence-electron chi connectivity index (χ0n) is 23.0. The third-order valence-corrected chi connectivity index (χ3v) is 7.20. The molecule has 1 saturated heterocycles. The number of fused-ring (bicyclic) bond motifs is 1. The van der Waals surface area contributed by atoms with Gasteiger partial charge in [0.25, 0.3) is 5.91 Å². The molecule has 1 amide bonds. The Morgan fingerprint density at radius 3 is 2.21 bits per heavy atom. The average Bonchev–Trinajstić information content (AvgIpc) is 2.98. The highest BCUT2D eigenvalue weighted by molar-refractivity contribution is 5.97. The van der Waals surface area contributed by atoms with Gasteiger partial charge < -0.3 is 19.1 Å². The molecule has 1 heterocycles. The van der Waals surface area contributed by atoms with Crippen LogP contribution >= 0.6 is 0 Å². The first-order valence-electron chi connectivity index (χ1n) is 13.6. The van der Waals surface area contributed by atoms with Gasteiger partial charge in [0.05, 0.1) is 7.11 Å². The number of hydrogen-bond donors (Lipinski definition) is 0. The molecule has 0 atom stereocenters. The van der Waals surface area contributed by atoms with Crippen LogP contribution in [0.15, 0.2) is 78.9 Å². The summed E-state index contributed by atoms with van der Waals surface area (Å²) in [7, 11) is 5.18. The Kier molecular flexibility index (Phi) is 8.33. The molecular formula is C33H36N2O4. The van der Waals surface area contributed by atoms with Crippen molar-refractivity contribution in [1.82, 2.24) is 9.80 Å². The molecule has 0 bridgehead atoms. The van der Waals surface area contributed by atoms with E-state index in [4.69, 9.17) is 14.2 Å². The maximum Gasteiger partial charge on any atom is 0.253 e. The quantitative estimate of drug-likeness (QED) is 0.239. The summed E-state index contributed by atoms with van der Waals surface area (Å²) < 4.78 is 18.0. The highest BCUT2D eigenvalue weighted by Gasteiger charge is 2.15. The van der Waals surface area contributed by atoms with E-state index in [1.54, 1.807) is 26.1 Å². The Bertz CT molecular complexity index is 1410. The van der Waals surface area contributed by atoms with Gasteiger partial charge in [-0.05, 0) is 97.5 Å². The van der Waals surface area contributed by atoms with Crippen LogP contribution in [0.25, 0.3) is 21.9 Å². The van der Waals surface area contributed by atoms with Gasteiger partial charge in [-0.3, -0.25) is 9.69 Å².